The Morgan fingerprint density at radius 2 is 1.69 bits per heavy atom. The van der Waals surface area contributed by atoms with Gasteiger partial charge in [0.2, 0.25) is 15.9 Å². The van der Waals surface area contributed by atoms with Gasteiger partial charge in [0.05, 0.1) is 10.6 Å². The Hall–Kier alpha value is -2.20. The van der Waals surface area contributed by atoms with Gasteiger partial charge in [-0.3, -0.25) is 14.9 Å². The third-order valence-electron chi connectivity index (χ3n) is 5.52. The number of amides is 1. The van der Waals surface area contributed by atoms with Crippen LogP contribution in [0, 0.1) is 16.0 Å². The molecule has 0 spiro atoms. The lowest BCUT2D eigenvalue weighted by Crippen LogP contribution is -2.44. The first-order valence-electron chi connectivity index (χ1n) is 10.1. The number of nitro groups is 1. The monoisotopic (exact) mass is 424 g/mol. The maximum Gasteiger partial charge on any atom is 0.270 e. The van der Waals surface area contributed by atoms with Gasteiger partial charge in [-0.15, -0.1) is 0 Å². The smallest absolute Gasteiger partial charge is 0.270 e. The molecule has 0 saturated carbocycles. The lowest BCUT2D eigenvalue weighted by atomic mass is 10.0. The molecule has 2 fully saturated rings. The molecule has 1 atom stereocenters. The first-order valence-corrected chi connectivity index (χ1v) is 11.5. The molecule has 2 saturated heterocycles. The number of carbonyl (C=O) groups excluding carboxylic acids is 1. The number of carbonyl (C=O) groups is 1. The zero-order chi connectivity index (χ0) is 21.2. The molecule has 2 heterocycles. The summed E-state index contributed by atoms with van der Waals surface area (Å²) in [4.78, 5) is 25.3. The molecule has 1 amide bonds. The van der Waals surface area contributed by atoms with Crippen molar-refractivity contribution in [3.05, 3.63) is 28.3 Å². The summed E-state index contributed by atoms with van der Waals surface area (Å²) in [5.74, 6) is -0.152. The van der Waals surface area contributed by atoms with Gasteiger partial charge in [0, 0.05) is 38.3 Å². The minimum Gasteiger partial charge on any atom is -0.372 e. The number of non-ortho nitro benzene ring substituents is 1. The Morgan fingerprint density at radius 3 is 2.24 bits per heavy atom. The molecular weight excluding hydrogens is 396 g/mol. The second-order valence-corrected chi connectivity index (χ2v) is 9.85. The van der Waals surface area contributed by atoms with E-state index < -0.39 is 21.0 Å². The lowest BCUT2D eigenvalue weighted by Gasteiger charge is -2.28. The summed E-state index contributed by atoms with van der Waals surface area (Å²) in [6.45, 7) is 5.97. The lowest BCUT2D eigenvalue weighted by molar-refractivity contribution is -0.385. The third-order valence-corrected chi connectivity index (χ3v) is 7.46. The number of hydrogen-bond donors (Lipinski definition) is 1. The SMILES string of the molecule is CC(C)[C@H](Nc1ccc([N+](=O)[O-])cc1S(=O)(=O)N1CCCC1)C(=O)N1CCCC1. The Morgan fingerprint density at radius 1 is 1.10 bits per heavy atom. The van der Waals surface area contributed by atoms with E-state index in [2.05, 4.69) is 5.32 Å². The quantitative estimate of drug-likeness (QED) is 0.531. The molecule has 160 valence electrons. The fourth-order valence-corrected chi connectivity index (χ4v) is 5.53. The highest BCUT2D eigenvalue weighted by atomic mass is 32.2. The third kappa shape index (κ3) is 4.53. The number of hydrogen-bond acceptors (Lipinski definition) is 6. The van der Waals surface area contributed by atoms with Crippen molar-refractivity contribution in [1.29, 1.82) is 0 Å². The van der Waals surface area contributed by atoms with E-state index in [0.29, 0.717) is 26.2 Å². The number of rotatable bonds is 7. The molecule has 0 bridgehead atoms. The normalized spacial score (nSPS) is 18.9. The van der Waals surface area contributed by atoms with Gasteiger partial charge < -0.3 is 10.2 Å². The summed E-state index contributed by atoms with van der Waals surface area (Å²) >= 11 is 0. The predicted octanol–water partition coefficient (Wildman–Crippen LogP) is 2.44. The van der Waals surface area contributed by atoms with E-state index >= 15 is 0 Å². The van der Waals surface area contributed by atoms with Gasteiger partial charge in [-0.05, 0) is 37.7 Å². The minimum absolute atomic E-state index is 0.0691. The molecule has 2 aliphatic rings. The van der Waals surface area contributed by atoms with Crippen LogP contribution in [0.4, 0.5) is 11.4 Å². The van der Waals surface area contributed by atoms with E-state index in [0.717, 1.165) is 31.7 Å². The van der Waals surface area contributed by atoms with Gasteiger partial charge in [0.1, 0.15) is 10.9 Å². The van der Waals surface area contributed by atoms with Gasteiger partial charge in [0.15, 0.2) is 0 Å². The molecule has 1 N–H and O–H groups in total. The Bertz CT molecular complexity index is 875. The molecule has 1 aromatic carbocycles. The summed E-state index contributed by atoms with van der Waals surface area (Å²) in [5.41, 5.74) is -0.0611. The van der Waals surface area contributed by atoms with Gasteiger partial charge in [-0.25, -0.2) is 8.42 Å². The first-order chi connectivity index (χ1) is 13.7. The molecule has 0 aliphatic carbocycles. The summed E-state index contributed by atoms with van der Waals surface area (Å²) in [6.07, 6.45) is 3.45. The molecule has 10 heteroatoms. The van der Waals surface area contributed by atoms with Crippen LogP contribution < -0.4 is 5.32 Å². The molecule has 0 radical (unpaired) electrons. The maximum atomic E-state index is 13.2. The van der Waals surface area contributed by atoms with Crippen LogP contribution in [0.25, 0.3) is 0 Å². The highest BCUT2D eigenvalue weighted by Crippen LogP contribution is 2.32. The van der Waals surface area contributed by atoms with Crippen molar-refractivity contribution in [2.24, 2.45) is 5.92 Å². The molecule has 1 aromatic rings. The Labute approximate surface area is 171 Å². The van der Waals surface area contributed by atoms with Crippen molar-refractivity contribution in [2.75, 3.05) is 31.5 Å². The van der Waals surface area contributed by atoms with Gasteiger partial charge >= 0.3 is 0 Å². The fourth-order valence-electron chi connectivity index (χ4n) is 3.84. The number of sulfonamides is 1. The highest BCUT2D eigenvalue weighted by Gasteiger charge is 2.34. The summed E-state index contributed by atoms with van der Waals surface area (Å²) in [5, 5.41) is 14.3. The van der Waals surface area contributed by atoms with Crippen LogP contribution in [-0.2, 0) is 14.8 Å². The molecule has 29 heavy (non-hydrogen) atoms. The second-order valence-electron chi connectivity index (χ2n) is 7.95. The van der Waals surface area contributed by atoms with Crippen LogP contribution in [0.5, 0.6) is 0 Å². The molecule has 3 rings (SSSR count). The van der Waals surface area contributed by atoms with Gasteiger partial charge in [0.25, 0.3) is 5.69 Å². The number of anilines is 1. The maximum absolute atomic E-state index is 13.2. The van der Waals surface area contributed by atoms with Crippen molar-refractivity contribution in [3.8, 4) is 0 Å². The average Bonchev–Trinajstić information content (AvgIpc) is 3.39. The summed E-state index contributed by atoms with van der Waals surface area (Å²) in [7, 11) is -3.90. The Kier molecular flexibility index (Phi) is 6.42. The number of nitro benzene ring substituents is 1. The fraction of sp³-hybridized carbons (Fsp3) is 0.632. The summed E-state index contributed by atoms with van der Waals surface area (Å²) < 4.78 is 27.7. The van der Waals surface area contributed by atoms with Crippen LogP contribution in [0.1, 0.15) is 39.5 Å². The zero-order valence-electron chi connectivity index (χ0n) is 16.8. The topological polar surface area (TPSA) is 113 Å². The van der Waals surface area contributed by atoms with Crippen molar-refractivity contribution < 1.29 is 18.1 Å². The van der Waals surface area contributed by atoms with Crippen LogP contribution in [0.2, 0.25) is 0 Å². The number of nitrogens with one attached hydrogen (secondary N) is 1. The molecule has 9 nitrogen and oxygen atoms in total. The van der Waals surface area contributed by atoms with Crippen LogP contribution in [0.15, 0.2) is 23.1 Å². The van der Waals surface area contributed by atoms with E-state index in [1.807, 2.05) is 13.8 Å². The Balaban J connectivity index is 1.98. The van der Waals surface area contributed by atoms with E-state index in [1.54, 1.807) is 4.90 Å². The van der Waals surface area contributed by atoms with Crippen LogP contribution in [-0.4, -0.2) is 60.7 Å². The van der Waals surface area contributed by atoms with Crippen molar-refractivity contribution in [3.63, 3.8) is 0 Å². The van der Waals surface area contributed by atoms with Crippen molar-refractivity contribution >= 4 is 27.3 Å². The van der Waals surface area contributed by atoms with E-state index in [4.69, 9.17) is 0 Å². The average molecular weight is 425 g/mol. The van der Waals surface area contributed by atoms with Gasteiger partial charge in [-0.1, -0.05) is 13.8 Å². The van der Waals surface area contributed by atoms with E-state index in [1.165, 1.54) is 16.4 Å². The summed E-state index contributed by atoms with van der Waals surface area (Å²) in [6, 6.07) is 3.15. The molecule has 0 aromatic heterocycles. The first kappa shape index (κ1) is 21.5. The highest BCUT2D eigenvalue weighted by molar-refractivity contribution is 7.89. The number of likely N-dealkylation sites (tertiary alicyclic amines) is 1. The molecule has 0 unspecified atom stereocenters. The van der Waals surface area contributed by atoms with Crippen LogP contribution >= 0.6 is 0 Å². The van der Waals surface area contributed by atoms with Gasteiger partial charge in [-0.2, -0.15) is 4.31 Å². The van der Waals surface area contributed by atoms with Crippen molar-refractivity contribution in [1.82, 2.24) is 9.21 Å². The molecular formula is C19H28N4O5S. The number of nitrogens with zero attached hydrogens (tertiary/aromatic N) is 3. The van der Waals surface area contributed by atoms with E-state index in [-0.39, 0.29) is 28.1 Å². The number of benzene rings is 1. The van der Waals surface area contributed by atoms with Crippen molar-refractivity contribution in [2.45, 2.75) is 50.5 Å². The predicted molar refractivity (Wildman–Crippen MR) is 109 cm³/mol. The van der Waals surface area contributed by atoms with Crippen LogP contribution in [0.3, 0.4) is 0 Å². The van der Waals surface area contributed by atoms with E-state index in [9.17, 15) is 23.3 Å². The molecule has 2 aliphatic heterocycles. The standard InChI is InChI=1S/C19H28N4O5S/c1-14(2)18(19(24)21-9-3-4-10-21)20-16-8-7-15(23(25)26)13-17(16)29(27,28)22-11-5-6-12-22/h7-8,13-14,18,20H,3-6,9-12H2,1-2H3/t18-/m0/s1. The zero-order valence-corrected chi connectivity index (χ0v) is 17.7. The minimum atomic E-state index is -3.90. The largest absolute Gasteiger partial charge is 0.372 e. The second kappa shape index (κ2) is 8.66.